The maximum Gasteiger partial charge on any atom is 0.251 e. The van der Waals surface area contributed by atoms with Gasteiger partial charge in [-0.2, -0.15) is 0 Å². The first kappa shape index (κ1) is 17.2. The highest BCUT2D eigenvalue weighted by molar-refractivity contribution is 5.97. The summed E-state index contributed by atoms with van der Waals surface area (Å²) in [5.41, 5.74) is 0.652. The molecule has 1 saturated carbocycles. The van der Waals surface area contributed by atoms with Gasteiger partial charge >= 0.3 is 0 Å². The fraction of sp³-hybridized carbons (Fsp3) is 0.429. The highest BCUT2D eigenvalue weighted by atomic mass is 16.7. The first-order valence-corrected chi connectivity index (χ1v) is 9.73. The van der Waals surface area contributed by atoms with Crippen molar-refractivity contribution >= 4 is 17.5 Å². The summed E-state index contributed by atoms with van der Waals surface area (Å²) in [5.74, 6) is 1.01. The van der Waals surface area contributed by atoms with Gasteiger partial charge in [0.25, 0.3) is 5.79 Å². The minimum atomic E-state index is -0.519. The fourth-order valence-electron chi connectivity index (χ4n) is 4.22. The Morgan fingerprint density at radius 3 is 2.79 bits per heavy atom. The minimum absolute atomic E-state index is 0.0367. The largest absolute Gasteiger partial charge is 0.467 e. The molecule has 5 rings (SSSR count). The van der Waals surface area contributed by atoms with Crippen LogP contribution in [0.2, 0.25) is 0 Å². The fourth-order valence-corrected chi connectivity index (χ4v) is 4.22. The van der Waals surface area contributed by atoms with E-state index in [1.807, 2.05) is 18.2 Å². The van der Waals surface area contributed by atoms with Gasteiger partial charge in [-0.1, -0.05) is 0 Å². The van der Waals surface area contributed by atoms with Crippen LogP contribution in [0.15, 0.2) is 41.0 Å². The number of furan rings is 1. The molecular formula is C21H22N2O5. The van der Waals surface area contributed by atoms with E-state index in [1.165, 1.54) is 0 Å². The van der Waals surface area contributed by atoms with E-state index < -0.39 is 5.79 Å². The molecule has 0 bridgehead atoms. The predicted molar refractivity (Wildman–Crippen MR) is 99.8 cm³/mol. The lowest BCUT2D eigenvalue weighted by atomic mass is 10.1. The number of carbonyl (C=O) groups is 2. The molecule has 0 radical (unpaired) electrons. The number of ether oxygens (including phenoxy) is 2. The first-order chi connectivity index (χ1) is 13.6. The highest BCUT2D eigenvalue weighted by Crippen LogP contribution is 2.47. The standard InChI is InChI=1S/C21H22N2O5/c24-19-10-14(12-23(19)13-16-4-3-9-26-16)20(25)22-15-5-6-17-18(11-15)28-21(27-17)7-1-2-8-21/h3-6,9,11,14H,1-2,7-8,10,12-13H2,(H,22,25)/t14-/m0/s1. The van der Waals surface area contributed by atoms with Crippen molar-refractivity contribution in [1.29, 1.82) is 0 Å². The molecule has 1 saturated heterocycles. The number of rotatable bonds is 4. The van der Waals surface area contributed by atoms with E-state index in [9.17, 15) is 9.59 Å². The zero-order chi connectivity index (χ0) is 19.1. The van der Waals surface area contributed by atoms with Crippen molar-refractivity contribution in [2.24, 2.45) is 5.92 Å². The maximum absolute atomic E-state index is 12.7. The second-order valence-electron chi connectivity index (χ2n) is 7.73. The van der Waals surface area contributed by atoms with Gasteiger partial charge in [0.05, 0.1) is 18.7 Å². The number of benzene rings is 1. The van der Waals surface area contributed by atoms with Crippen LogP contribution in [0.5, 0.6) is 11.5 Å². The van der Waals surface area contributed by atoms with Crippen LogP contribution in [0.3, 0.4) is 0 Å². The Bertz CT molecular complexity index is 902. The molecule has 28 heavy (non-hydrogen) atoms. The number of likely N-dealkylation sites (tertiary alicyclic amines) is 1. The summed E-state index contributed by atoms with van der Waals surface area (Å²) in [6, 6.07) is 9.06. The molecule has 2 amide bonds. The van der Waals surface area contributed by atoms with Crippen LogP contribution in [0.1, 0.15) is 37.9 Å². The molecule has 1 aromatic heterocycles. The molecule has 1 N–H and O–H groups in total. The number of hydrogen-bond acceptors (Lipinski definition) is 5. The van der Waals surface area contributed by atoms with Crippen molar-refractivity contribution < 1.29 is 23.5 Å². The number of amides is 2. The third-order valence-electron chi connectivity index (χ3n) is 5.68. The lowest BCUT2D eigenvalue weighted by Gasteiger charge is -2.21. The SMILES string of the molecule is O=C(Nc1ccc2c(c1)OC1(CCCC1)O2)[C@H]1CC(=O)N(Cc2ccco2)C1. The van der Waals surface area contributed by atoms with Gasteiger partial charge in [0.2, 0.25) is 11.8 Å². The molecule has 146 valence electrons. The average molecular weight is 382 g/mol. The Labute approximate surface area is 162 Å². The van der Waals surface area contributed by atoms with Crippen molar-refractivity contribution in [3.05, 3.63) is 42.4 Å². The third kappa shape index (κ3) is 3.10. The topological polar surface area (TPSA) is 81.0 Å². The van der Waals surface area contributed by atoms with Gasteiger partial charge < -0.3 is 24.1 Å². The smallest absolute Gasteiger partial charge is 0.251 e. The zero-order valence-electron chi connectivity index (χ0n) is 15.5. The highest BCUT2D eigenvalue weighted by Gasteiger charge is 2.44. The van der Waals surface area contributed by atoms with E-state index in [0.717, 1.165) is 31.4 Å². The average Bonchev–Trinajstić information content (AvgIpc) is 3.45. The number of fused-ring (bicyclic) bond motifs is 1. The van der Waals surface area contributed by atoms with Crippen molar-refractivity contribution in [1.82, 2.24) is 4.90 Å². The van der Waals surface area contributed by atoms with Crippen molar-refractivity contribution in [2.75, 3.05) is 11.9 Å². The molecular weight excluding hydrogens is 360 g/mol. The number of anilines is 1. The zero-order valence-corrected chi connectivity index (χ0v) is 15.5. The summed E-state index contributed by atoms with van der Waals surface area (Å²) in [5, 5.41) is 2.92. The van der Waals surface area contributed by atoms with Crippen molar-refractivity contribution in [2.45, 2.75) is 44.4 Å². The van der Waals surface area contributed by atoms with Crippen LogP contribution < -0.4 is 14.8 Å². The van der Waals surface area contributed by atoms with Crippen LogP contribution in [0, 0.1) is 5.92 Å². The first-order valence-electron chi connectivity index (χ1n) is 9.73. The second-order valence-corrected chi connectivity index (χ2v) is 7.73. The number of hydrogen-bond donors (Lipinski definition) is 1. The normalized spacial score (nSPS) is 22.2. The Morgan fingerprint density at radius 1 is 1.18 bits per heavy atom. The molecule has 7 heteroatoms. The lowest BCUT2D eigenvalue weighted by Crippen LogP contribution is -2.34. The summed E-state index contributed by atoms with van der Waals surface area (Å²) >= 11 is 0. The summed E-state index contributed by atoms with van der Waals surface area (Å²) < 4.78 is 17.3. The van der Waals surface area contributed by atoms with Gasteiger partial charge in [-0.05, 0) is 37.1 Å². The van der Waals surface area contributed by atoms with Gasteiger partial charge in [-0.3, -0.25) is 9.59 Å². The summed E-state index contributed by atoms with van der Waals surface area (Å²) in [7, 11) is 0. The summed E-state index contributed by atoms with van der Waals surface area (Å²) in [6.07, 6.45) is 5.76. The molecule has 2 aromatic rings. The van der Waals surface area contributed by atoms with Crippen LogP contribution in [-0.2, 0) is 16.1 Å². The predicted octanol–water partition coefficient (Wildman–Crippen LogP) is 3.31. The van der Waals surface area contributed by atoms with Crippen LogP contribution in [0.25, 0.3) is 0 Å². The second kappa shape index (κ2) is 6.58. The molecule has 7 nitrogen and oxygen atoms in total. The van der Waals surface area contributed by atoms with E-state index in [1.54, 1.807) is 23.3 Å². The summed E-state index contributed by atoms with van der Waals surface area (Å²) in [4.78, 5) is 26.6. The Hall–Kier alpha value is -2.96. The molecule has 2 aliphatic heterocycles. The molecule has 1 atom stereocenters. The monoisotopic (exact) mass is 382 g/mol. The molecule has 3 aliphatic rings. The van der Waals surface area contributed by atoms with E-state index >= 15 is 0 Å². The van der Waals surface area contributed by atoms with Crippen LogP contribution in [-0.4, -0.2) is 29.0 Å². The summed E-state index contributed by atoms with van der Waals surface area (Å²) in [6.45, 7) is 0.779. The Morgan fingerprint density at radius 2 is 2.00 bits per heavy atom. The van der Waals surface area contributed by atoms with Gasteiger partial charge in [0.15, 0.2) is 11.5 Å². The number of nitrogens with one attached hydrogen (secondary N) is 1. The Kier molecular flexibility index (Phi) is 4.03. The van der Waals surface area contributed by atoms with Gasteiger partial charge in [-0.15, -0.1) is 0 Å². The van der Waals surface area contributed by atoms with Crippen LogP contribution in [0.4, 0.5) is 5.69 Å². The lowest BCUT2D eigenvalue weighted by molar-refractivity contribution is -0.128. The molecule has 1 aliphatic carbocycles. The molecule has 3 heterocycles. The van der Waals surface area contributed by atoms with Gasteiger partial charge in [-0.25, -0.2) is 0 Å². The molecule has 0 unspecified atom stereocenters. The van der Waals surface area contributed by atoms with Gasteiger partial charge in [0.1, 0.15) is 5.76 Å². The van der Waals surface area contributed by atoms with Gasteiger partial charge in [0, 0.05) is 37.6 Å². The molecule has 2 fully saturated rings. The minimum Gasteiger partial charge on any atom is -0.467 e. The molecule has 1 aromatic carbocycles. The Balaban J connectivity index is 1.22. The van der Waals surface area contributed by atoms with E-state index in [2.05, 4.69) is 5.32 Å². The van der Waals surface area contributed by atoms with E-state index in [0.29, 0.717) is 30.3 Å². The van der Waals surface area contributed by atoms with Crippen molar-refractivity contribution in [3.63, 3.8) is 0 Å². The quantitative estimate of drug-likeness (QED) is 0.877. The number of carbonyl (C=O) groups excluding carboxylic acids is 2. The third-order valence-corrected chi connectivity index (χ3v) is 5.68. The number of nitrogens with zero attached hydrogens (tertiary/aromatic N) is 1. The molecule has 1 spiro atoms. The van der Waals surface area contributed by atoms with E-state index in [-0.39, 0.29) is 24.2 Å². The van der Waals surface area contributed by atoms with Crippen LogP contribution >= 0.6 is 0 Å². The maximum atomic E-state index is 12.7. The van der Waals surface area contributed by atoms with Crippen molar-refractivity contribution in [3.8, 4) is 11.5 Å². The van der Waals surface area contributed by atoms with E-state index in [4.69, 9.17) is 13.9 Å².